The Morgan fingerprint density at radius 1 is 1.14 bits per heavy atom. The minimum absolute atomic E-state index is 0.142. The summed E-state index contributed by atoms with van der Waals surface area (Å²) in [5.41, 5.74) is 2.09. The molecule has 1 aromatic heterocycles. The summed E-state index contributed by atoms with van der Waals surface area (Å²) in [4.78, 5) is 4.46. The van der Waals surface area contributed by atoms with E-state index in [1.807, 2.05) is 30.3 Å². The van der Waals surface area contributed by atoms with Gasteiger partial charge in [0.2, 0.25) is 5.89 Å². The zero-order valence-corrected chi connectivity index (χ0v) is 17.4. The van der Waals surface area contributed by atoms with Gasteiger partial charge in [-0.2, -0.15) is 0 Å². The largest absolute Gasteiger partial charge is 0.497 e. The van der Waals surface area contributed by atoms with Crippen LogP contribution in [0, 0.1) is 0 Å². The Morgan fingerprint density at radius 3 is 2.64 bits per heavy atom. The van der Waals surface area contributed by atoms with Crippen molar-refractivity contribution in [1.82, 2.24) is 10.3 Å². The molecule has 0 unspecified atom stereocenters. The molecule has 0 saturated carbocycles. The lowest BCUT2D eigenvalue weighted by atomic mass is 9.82. The minimum Gasteiger partial charge on any atom is -0.497 e. The van der Waals surface area contributed by atoms with Crippen molar-refractivity contribution in [1.29, 1.82) is 0 Å². The summed E-state index contributed by atoms with van der Waals surface area (Å²) in [6.07, 6.45) is 3.60. The van der Waals surface area contributed by atoms with E-state index in [-0.39, 0.29) is 5.54 Å². The molecule has 4 rings (SSSR count). The zero-order chi connectivity index (χ0) is 19.4. The Hall–Kier alpha value is -2.15. The van der Waals surface area contributed by atoms with E-state index in [2.05, 4.69) is 44.4 Å². The SMILES string of the molecule is COc1ccc(-c2cnc(CNC3(c4cccc(Br)c4)CCOCC3)o2)cc1. The predicted octanol–water partition coefficient (Wildman–Crippen LogP) is 4.91. The number of nitrogens with one attached hydrogen (secondary N) is 1. The van der Waals surface area contributed by atoms with Crippen LogP contribution in [0.15, 0.2) is 63.6 Å². The van der Waals surface area contributed by atoms with Crippen molar-refractivity contribution in [2.75, 3.05) is 20.3 Å². The van der Waals surface area contributed by atoms with E-state index in [4.69, 9.17) is 13.9 Å². The molecule has 0 aliphatic carbocycles. The number of oxazole rings is 1. The van der Waals surface area contributed by atoms with Crippen LogP contribution in [0.25, 0.3) is 11.3 Å². The number of ether oxygens (including phenoxy) is 2. The molecule has 2 aromatic carbocycles. The van der Waals surface area contributed by atoms with Crippen LogP contribution in [0.5, 0.6) is 5.75 Å². The van der Waals surface area contributed by atoms with Crippen molar-refractivity contribution in [3.05, 3.63) is 70.7 Å². The second-order valence-corrected chi connectivity index (χ2v) is 7.82. The fourth-order valence-corrected chi connectivity index (χ4v) is 4.00. The quantitative estimate of drug-likeness (QED) is 0.587. The highest BCUT2D eigenvalue weighted by molar-refractivity contribution is 9.10. The smallest absolute Gasteiger partial charge is 0.208 e. The first kappa shape index (κ1) is 19.2. The van der Waals surface area contributed by atoms with Gasteiger partial charge < -0.3 is 13.9 Å². The molecule has 0 spiro atoms. The Morgan fingerprint density at radius 2 is 1.93 bits per heavy atom. The molecule has 3 aromatic rings. The molecule has 146 valence electrons. The fourth-order valence-electron chi connectivity index (χ4n) is 3.60. The maximum absolute atomic E-state index is 5.98. The molecule has 5 nitrogen and oxygen atoms in total. The van der Waals surface area contributed by atoms with E-state index in [0.717, 1.165) is 47.6 Å². The molecule has 1 aliphatic rings. The van der Waals surface area contributed by atoms with Crippen LogP contribution in [-0.2, 0) is 16.8 Å². The average Bonchev–Trinajstić information content (AvgIpc) is 3.22. The normalized spacial score (nSPS) is 16.1. The van der Waals surface area contributed by atoms with Gasteiger partial charge in [0.05, 0.1) is 19.9 Å². The molecule has 6 heteroatoms. The van der Waals surface area contributed by atoms with Crippen LogP contribution >= 0.6 is 15.9 Å². The van der Waals surface area contributed by atoms with Crippen LogP contribution in [0.3, 0.4) is 0 Å². The number of aromatic nitrogens is 1. The van der Waals surface area contributed by atoms with Crippen LogP contribution < -0.4 is 10.1 Å². The van der Waals surface area contributed by atoms with Gasteiger partial charge in [-0.05, 0) is 54.8 Å². The topological polar surface area (TPSA) is 56.5 Å². The molecule has 1 fully saturated rings. The summed E-state index contributed by atoms with van der Waals surface area (Å²) < 4.78 is 17.9. The molecule has 28 heavy (non-hydrogen) atoms. The third-order valence-corrected chi connectivity index (χ3v) is 5.72. The molecule has 1 aliphatic heterocycles. The van der Waals surface area contributed by atoms with Gasteiger partial charge in [-0.15, -0.1) is 0 Å². The van der Waals surface area contributed by atoms with Gasteiger partial charge in [0.25, 0.3) is 0 Å². The van der Waals surface area contributed by atoms with E-state index >= 15 is 0 Å². The van der Waals surface area contributed by atoms with Crippen molar-refractivity contribution in [3.8, 4) is 17.1 Å². The van der Waals surface area contributed by atoms with Crippen molar-refractivity contribution >= 4 is 15.9 Å². The van der Waals surface area contributed by atoms with Crippen molar-refractivity contribution in [3.63, 3.8) is 0 Å². The zero-order valence-electron chi connectivity index (χ0n) is 15.8. The minimum atomic E-state index is -0.142. The molecule has 0 bridgehead atoms. The van der Waals surface area contributed by atoms with Gasteiger partial charge in [-0.1, -0.05) is 28.1 Å². The number of methoxy groups -OCH3 is 1. The number of nitrogens with zero attached hydrogens (tertiary/aromatic N) is 1. The highest BCUT2D eigenvalue weighted by Crippen LogP contribution is 2.34. The van der Waals surface area contributed by atoms with Gasteiger partial charge in [-0.3, -0.25) is 5.32 Å². The molecule has 0 atom stereocenters. The van der Waals surface area contributed by atoms with E-state index in [9.17, 15) is 0 Å². The molecular formula is C22H23BrN2O3. The van der Waals surface area contributed by atoms with Gasteiger partial charge in [0, 0.05) is 28.8 Å². The summed E-state index contributed by atoms with van der Waals surface area (Å²) >= 11 is 3.59. The van der Waals surface area contributed by atoms with E-state index in [1.54, 1.807) is 13.3 Å². The molecule has 0 radical (unpaired) electrons. The molecule has 0 amide bonds. The first-order valence-corrected chi connectivity index (χ1v) is 10.2. The van der Waals surface area contributed by atoms with Crippen molar-refractivity contribution < 1.29 is 13.9 Å². The standard InChI is InChI=1S/C22H23BrN2O3/c1-26-19-7-5-16(6-8-19)20-14-24-21(28-20)15-25-22(9-11-27-12-10-22)17-3-2-4-18(23)13-17/h2-8,13-14,25H,9-12,15H2,1H3. The Balaban J connectivity index is 1.51. The summed E-state index contributed by atoms with van der Waals surface area (Å²) in [6.45, 7) is 2.03. The third kappa shape index (κ3) is 4.14. The second-order valence-electron chi connectivity index (χ2n) is 6.91. The second kappa shape index (κ2) is 8.47. The molecule has 1 N–H and O–H groups in total. The predicted molar refractivity (Wildman–Crippen MR) is 111 cm³/mol. The van der Waals surface area contributed by atoms with Crippen LogP contribution in [0.2, 0.25) is 0 Å². The number of hydrogen-bond donors (Lipinski definition) is 1. The Kier molecular flexibility index (Phi) is 5.80. The maximum atomic E-state index is 5.98. The summed E-state index contributed by atoms with van der Waals surface area (Å²) in [7, 11) is 1.66. The monoisotopic (exact) mass is 442 g/mol. The summed E-state index contributed by atoms with van der Waals surface area (Å²) in [5.74, 6) is 2.25. The molecule has 2 heterocycles. The highest BCUT2D eigenvalue weighted by Gasteiger charge is 2.34. The lowest BCUT2D eigenvalue weighted by Gasteiger charge is -2.38. The van der Waals surface area contributed by atoms with E-state index in [0.29, 0.717) is 12.4 Å². The average molecular weight is 443 g/mol. The summed E-state index contributed by atoms with van der Waals surface area (Å²) in [6, 6.07) is 16.2. The first-order chi connectivity index (χ1) is 13.7. The third-order valence-electron chi connectivity index (χ3n) is 5.23. The summed E-state index contributed by atoms with van der Waals surface area (Å²) in [5, 5.41) is 3.70. The van der Waals surface area contributed by atoms with Crippen molar-refractivity contribution in [2.24, 2.45) is 0 Å². The van der Waals surface area contributed by atoms with E-state index < -0.39 is 0 Å². The van der Waals surface area contributed by atoms with Gasteiger partial charge in [0.1, 0.15) is 5.75 Å². The highest BCUT2D eigenvalue weighted by atomic mass is 79.9. The van der Waals surface area contributed by atoms with Gasteiger partial charge in [-0.25, -0.2) is 4.98 Å². The fraction of sp³-hybridized carbons (Fsp3) is 0.318. The Bertz CT molecular complexity index is 918. The van der Waals surface area contributed by atoms with Crippen LogP contribution in [0.4, 0.5) is 0 Å². The number of rotatable bonds is 6. The Labute approximate surface area is 173 Å². The van der Waals surface area contributed by atoms with Gasteiger partial charge in [0.15, 0.2) is 5.76 Å². The van der Waals surface area contributed by atoms with E-state index in [1.165, 1.54) is 5.56 Å². The molecule has 1 saturated heterocycles. The molecular weight excluding hydrogens is 420 g/mol. The van der Waals surface area contributed by atoms with Crippen LogP contribution in [0.1, 0.15) is 24.3 Å². The number of halogens is 1. The lowest BCUT2D eigenvalue weighted by molar-refractivity contribution is 0.0348. The van der Waals surface area contributed by atoms with Crippen LogP contribution in [-0.4, -0.2) is 25.3 Å². The lowest BCUT2D eigenvalue weighted by Crippen LogP contribution is -2.46. The number of benzene rings is 2. The first-order valence-electron chi connectivity index (χ1n) is 9.36. The number of hydrogen-bond acceptors (Lipinski definition) is 5. The van der Waals surface area contributed by atoms with Gasteiger partial charge >= 0.3 is 0 Å². The maximum Gasteiger partial charge on any atom is 0.208 e. The van der Waals surface area contributed by atoms with Crippen molar-refractivity contribution in [2.45, 2.75) is 24.9 Å².